The number of fused-ring (bicyclic) bond motifs is 2. The van der Waals surface area contributed by atoms with Gasteiger partial charge in [0, 0.05) is 49.1 Å². The van der Waals surface area contributed by atoms with Gasteiger partial charge in [0.1, 0.15) is 11.9 Å². The van der Waals surface area contributed by atoms with Crippen molar-refractivity contribution in [3.05, 3.63) is 57.5 Å². The fourth-order valence-corrected chi connectivity index (χ4v) is 7.35. The van der Waals surface area contributed by atoms with Crippen LogP contribution in [0, 0.1) is 5.41 Å². The van der Waals surface area contributed by atoms with Gasteiger partial charge in [-0.15, -0.1) is 11.3 Å². The summed E-state index contributed by atoms with van der Waals surface area (Å²) in [6, 6.07) is 8.98. The highest BCUT2D eigenvalue weighted by Crippen LogP contribution is 2.28. The average Bonchev–Trinajstić information content (AvgIpc) is 3.35. The normalized spacial score (nSPS) is 20.0. The molecule has 3 aromatic rings. The molecule has 0 aliphatic carbocycles. The molecule has 2 aliphatic rings. The van der Waals surface area contributed by atoms with Gasteiger partial charge >= 0.3 is 5.97 Å². The second kappa shape index (κ2) is 10.6. The first-order valence-corrected chi connectivity index (χ1v) is 14.9. The summed E-state index contributed by atoms with van der Waals surface area (Å²) in [5.74, 6) is -1.13. The van der Waals surface area contributed by atoms with Crippen molar-refractivity contribution in [3.63, 3.8) is 0 Å². The molecule has 0 bridgehead atoms. The van der Waals surface area contributed by atoms with E-state index in [0.29, 0.717) is 28.9 Å². The van der Waals surface area contributed by atoms with Crippen LogP contribution in [-0.2, 0) is 32.5 Å². The molecule has 11 nitrogen and oxygen atoms in total. The van der Waals surface area contributed by atoms with Crippen LogP contribution in [0.25, 0.3) is 10.8 Å². The number of amidine groups is 1. The summed E-state index contributed by atoms with van der Waals surface area (Å²) >= 11 is 1.30. The number of hydrogen-bond donors (Lipinski definition) is 3. The zero-order valence-corrected chi connectivity index (χ0v) is 23.3. The zero-order valence-electron chi connectivity index (χ0n) is 21.6. The number of amides is 1. The highest BCUT2D eigenvalue weighted by Gasteiger charge is 2.42. The third-order valence-electron chi connectivity index (χ3n) is 6.99. The number of ether oxygens (including phenoxy) is 1. The maximum atomic E-state index is 13.6. The monoisotopic (exact) mass is 570 g/mol. The number of piperazine rings is 1. The van der Waals surface area contributed by atoms with Gasteiger partial charge in [0.15, 0.2) is 5.01 Å². The summed E-state index contributed by atoms with van der Waals surface area (Å²) in [4.78, 5) is 33.5. The highest BCUT2D eigenvalue weighted by atomic mass is 32.2. The van der Waals surface area contributed by atoms with Gasteiger partial charge in [0.25, 0.3) is 5.91 Å². The second-order valence-corrected chi connectivity index (χ2v) is 12.7. The SMILES string of the molecule is CCOC(=O)C1CN(S(=O)(=O)c2ccc3cc(C(=N)N)ccc3c2)CCN1C(=O)c1nc2c(s1)CNC(C)C2. The maximum absolute atomic E-state index is 13.6. The Bertz CT molecular complexity index is 1570. The van der Waals surface area contributed by atoms with Gasteiger partial charge in [-0.25, -0.2) is 18.2 Å². The minimum absolute atomic E-state index is 0.0228. The molecule has 5 rings (SSSR count). The predicted octanol–water partition coefficient (Wildman–Crippen LogP) is 1.69. The minimum atomic E-state index is -3.98. The molecule has 1 fully saturated rings. The highest BCUT2D eigenvalue weighted by molar-refractivity contribution is 7.89. The van der Waals surface area contributed by atoms with Crippen LogP contribution in [0.4, 0.5) is 0 Å². The first-order chi connectivity index (χ1) is 18.6. The lowest BCUT2D eigenvalue weighted by molar-refractivity contribution is -0.149. The van der Waals surface area contributed by atoms with Crippen LogP contribution in [0.3, 0.4) is 0 Å². The van der Waals surface area contributed by atoms with E-state index in [4.69, 9.17) is 15.9 Å². The molecule has 2 aliphatic heterocycles. The summed E-state index contributed by atoms with van der Waals surface area (Å²) in [7, 11) is -3.98. The van der Waals surface area contributed by atoms with E-state index in [1.807, 2.05) is 0 Å². The van der Waals surface area contributed by atoms with Gasteiger partial charge in [0.05, 0.1) is 17.2 Å². The zero-order chi connectivity index (χ0) is 27.9. The van der Waals surface area contributed by atoms with Gasteiger partial charge in [-0.3, -0.25) is 10.2 Å². The molecule has 2 unspecified atom stereocenters. The summed E-state index contributed by atoms with van der Waals surface area (Å²) in [5, 5.41) is 12.7. The van der Waals surface area contributed by atoms with Gasteiger partial charge < -0.3 is 20.7 Å². The molecule has 0 saturated carbocycles. The quantitative estimate of drug-likeness (QED) is 0.229. The summed E-state index contributed by atoms with van der Waals surface area (Å²) < 4.78 is 33.7. The van der Waals surface area contributed by atoms with E-state index in [0.717, 1.165) is 16.0 Å². The minimum Gasteiger partial charge on any atom is -0.464 e. The Morgan fingerprint density at radius 3 is 2.69 bits per heavy atom. The Kier molecular flexibility index (Phi) is 7.42. The van der Waals surface area contributed by atoms with E-state index in [2.05, 4.69) is 17.2 Å². The summed E-state index contributed by atoms with van der Waals surface area (Å²) in [6.45, 7) is 4.28. The first-order valence-electron chi connectivity index (χ1n) is 12.7. The number of carbonyl (C=O) groups is 2. The molecule has 0 spiro atoms. The number of benzene rings is 2. The van der Waals surface area contributed by atoms with Crippen LogP contribution >= 0.6 is 11.3 Å². The van der Waals surface area contributed by atoms with Gasteiger partial charge in [-0.05, 0) is 42.8 Å². The van der Waals surface area contributed by atoms with E-state index < -0.39 is 27.9 Å². The standard InChI is InChI=1S/C26H30N6O5S2/c1-3-37-26(34)21-14-31(8-9-32(21)25(33)24-30-20-10-15(2)29-13-22(20)38-24)39(35,36)19-7-6-16-11-18(23(27)28)5-4-17(16)12-19/h4-7,11-12,15,21,29H,3,8-10,13-14H2,1-2H3,(H3,27,28). The lowest BCUT2D eigenvalue weighted by Crippen LogP contribution is -2.59. The fourth-order valence-electron chi connectivity index (χ4n) is 4.88. The molecule has 1 saturated heterocycles. The van der Waals surface area contributed by atoms with Gasteiger partial charge in [-0.2, -0.15) is 4.31 Å². The summed E-state index contributed by atoms with van der Waals surface area (Å²) in [6.07, 6.45) is 0.717. The van der Waals surface area contributed by atoms with Crippen LogP contribution in [0.2, 0.25) is 0 Å². The number of thiazole rings is 1. The lowest BCUT2D eigenvalue weighted by Gasteiger charge is -2.38. The van der Waals surface area contributed by atoms with Crippen molar-refractivity contribution in [3.8, 4) is 0 Å². The number of sulfonamides is 1. The third-order valence-corrected chi connectivity index (χ3v) is 9.94. The lowest BCUT2D eigenvalue weighted by atomic mass is 10.1. The number of aromatic nitrogens is 1. The van der Waals surface area contributed by atoms with E-state index in [9.17, 15) is 18.0 Å². The largest absolute Gasteiger partial charge is 0.464 e. The molecule has 1 aromatic heterocycles. The van der Waals surface area contributed by atoms with Crippen molar-refractivity contribution in [1.29, 1.82) is 5.41 Å². The number of nitrogen functional groups attached to an aromatic ring is 1. The summed E-state index contributed by atoms with van der Waals surface area (Å²) in [5.41, 5.74) is 7.00. The number of carbonyl (C=O) groups excluding carboxylic acids is 2. The molecular formula is C26H30N6O5S2. The van der Waals surface area contributed by atoms with Crippen molar-refractivity contribution in [1.82, 2.24) is 19.5 Å². The fraction of sp³-hybridized carbons (Fsp3) is 0.385. The number of hydrogen-bond acceptors (Lipinski definition) is 9. The molecular weight excluding hydrogens is 540 g/mol. The number of nitrogens with two attached hydrogens (primary N) is 1. The Morgan fingerprint density at radius 1 is 1.21 bits per heavy atom. The topological polar surface area (TPSA) is 159 Å². The van der Waals surface area contributed by atoms with Crippen LogP contribution in [0.5, 0.6) is 0 Å². The molecule has 2 aromatic carbocycles. The molecule has 39 heavy (non-hydrogen) atoms. The van der Waals surface area contributed by atoms with E-state index in [1.165, 1.54) is 26.6 Å². The smallest absolute Gasteiger partial charge is 0.330 e. The number of esters is 1. The molecule has 0 radical (unpaired) electrons. The predicted molar refractivity (Wildman–Crippen MR) is 147 cm³/mol. The van der Waals surface area contributed by atoms with Crippen molar-refractivity contribution in [2.75, 3.05) is 26.2 Å². The average molecular weight is 571 g/mol. The van der Waals surface area contributed by atoms with Crippen LogP contribution in [0.15, 0.2) is 41.3 Å². The number of nitrogens with zero attached hydrogens (tertiary/aromatic N) is 3. The molecule has 1 amide bonds. The maximum Gasteiger partial charge on any atom is 0.330 e. The van der Waals surface area contributed by atoms with E-state index in [-0.39, 0.29) is 43.0 Å². The second-order valence-electron chi connectivity index (χ2n) is 9.64. The Morgan fingerprint density at radius 2 is 1.95 bits per heavy atom. The molecule has 13 heteroatoms. The van der Waals surface area contributed by atoms with Crippen LogP contribution in [-0.4, -0.2) is 78.6 Å². The molecule has 4 N–H and O–H groups in total. The van der Waals surface area contributed by atoms with Gasteiger partial charge in [-0.1, -0.05) is 18.2 Å². The Hall–Kier alpha value is -3.39. The Labute approximate surface area is 230 Å². The van der Waals surface area contributed by atoms with Crippen molar-refractivity contribution in [2.24, 2.45) is 5.73 Å². The van der Waals surface area contributed by atoms with Crippen LogP contribution in [0.1, 0.15) is 39.8 Å². The molecule has 206 valence electrons. The van der Waals surface area contributed by atoms with Crippen LogP contribution < -0.4 is 11.1 Å². The third kappa shape index (κ3) is 5.26. The molecule has 3 heterocycles. The van der Waals surface area contributed by atoms with Crippen molar-refractivity contribution in [2.45, 2.75) is 43.8 Å². The first kappa shape index (κ1) is 27.2. The van der Waals surface area contributed by atoms with E-state index in [1.54, 1.807) is 37.3 Å². The Balaban J connectivity index is 1.41. The number of rotatable bonds is 6. The van der Waals surface area contributed by atoms with Crippen molar-refractivity contribution < 1.29 is 22.7 Å². The van der Waals surface area contributed by atoms with Gasteiger partial charge in [0.2, 0.25) is 10.0 Å². The molecule has 2 atom stereocenters. The number of nitrogens with one attached hydrogen (secondary N) is 2. The van der Waals surface area contributed by atoms with E-state index >= 15 is 0 Å². The van der Waals surface area contributed by atoms with Crippen molar-refractivity contribution >= 4 is 49.8 Å².